The zero-order chi connectivity index (χ0) is 54.2. The van der Waals surface area contributed by atoms with Crippen LogP contribution in [0.25, 0.3) is 0 Å². The molecule has 4 aromatic rings. The fourth-order valence-corrected chi connectivity index (χ4v) is 7.14. The van der Waals surface area contributed by atoms with Crippen LogP contribution >= 0.6 is 0 Å². The molecule has 0 radical (unpaired) electrons. The van der Waals surface area contributed by atoms with E-state index in [1.54, 1.807) is 0 Å². The smallest absolute Gasteiger partial charge is 0.283 e. The van der Waals surface area contributed by atoms with Gasteiger partial charge in [-0.3, -0.25) is 48.2 Å². The van der Waals surface area contributed by atoms with Crippen molar-refractivity contribution in [2.24, 2.45) is 0 Å². The van der Waals surface area contributed by atoms with Gasteiger partial charge in [0, 0.05) is 89.7 Å². The van der Waals surface area contributed by atoms with Crippen LogP contribution in [0.2, 0.25) is 0 Å². The second-order valence-corrected chi connectivity index (χ2v) is 17.2. The van der Waals surface area contributed by atoms with Crippen molar-refractivity contribution >= 4 is 23.6 Å². The first kappa shape index (κ1) is 60.3. The number of carbonyl (C=O) groups excluding carboxylic acids is 4. The minimum absolute atomic E-state index is 0.0490. The number of rotatable bonds is 38. The van der Waals surface area contributed by atoms with Crippen molar-refractivity contribution in [3.05, 3.63) is 137 Å². The average Bonchev–Trinajstić information content (AvgIpc) is 3.39. The molecule has 0 aliphatic carbocycles. The average molecular weight is 1050 g/mol. The van der Waals surface area contributed by atoms with Crippen LogP contribution in [0.1, 0.15) is 121 Å². The Morgan fingerprint density at radius 2 is 0.613 bits per heavy atom. The van der Waals surface area contributed by atoms with Crippen LogP contribution in [0.5, 0.6) is 0 Å². The van der Waals surface area contributed by atoms with Gasteiger partial charge >= 0.3 is 0 Å². The fourth-order valence-electron chi connectivity index (χ4n) is 7.14. The van der Waals surface area contributed by atoms with Crippen LogP contribution in [0, 0.1) is 0 Å². The molecule has 23 heteroatoms. The minimum atomic E-state index is -0.511. The zero-order valence-corrected chi connectivity index (χ0v) is 43.9. The number of nitrogens with zero attached hydrogens (tertiary/aromatic N) is 6. The van der Waals surface area contributed by atoms with Gasteiger partial charge in [-0.05, 0) is 49.9 Å². The van der Waals surface area contributed by atoms with Gasteiger partial charge in [0.05, 0.1) is 13.2 Å². The number of amides is 4. The van der Waals surface area contributed by atoms with E-state index < -0.39 is 45.9 Å². The first-order valence-electron chi connectivity index (χ1n) is 26.0. The molecule has 4 heterocycles. The van der Waals surface area contributed by atoms with Crippen molar-refractivity contribution in [2.75, 3.05) is 105 Å². The second kappa shape index (κ2) is 34.3. The van der Waals surface area contributed by atoms with E-state index >= 15 is 0 Å². The lowest BCUT2D eigenvalue weighted by atomic mass is 10.3. The Morgan fingerprint density at radius 3 is 0.840 bits per heavy atom. The number of aromatic nitrogens is 4. The molecular formula is C52H76N10O13. The van der Waals surface area contributed by atoms with Crippen molar-refractivity contribution in [1.82, 2.24) is 50.0 Å². The highest BCUT2D eigenvalue weighted by molar-refractivity contribution is 5.93. The number of carbonyl (C=O) groups is 4. The molecule has 4 N–H and O–H groups in total. The topological polar surface area (TPSA) is 257 Å². The molecule has 23 nitrogen and oxygen atoms in total. The van der Waals surface area contributed by atoms with Crippen LogP contribution < -0.4 is 62.9 Å². The first-order chi connectivity index (χ1) is 36.4. The molecule has 4 aromatic heterocycles. The Balaban J connectivity index is 1.42. The van der Waals surface area contributed by atoms with Crippen molar-refractivity contribution in [2.45, 2.75) is 79.1 Å². The predicted molar refractivity (Wildman–Crippen MR) is 281 cm³/mol. The number of nitrogens with one attached hydrogen (secondary N) is 4. The summed E-state index contributed by atoms with van der Waals surface area (Å²) in [6, 6.07) is 17.2. The van der Waals surface area contributed by atoms with E-state index in [2.05, 4.69) is 21.3 Å². The largest absolute Gasteiger partial charge is 0.410 e. The molecule has 0 aromatic carbocycles. The molecule has 0 aliphatic rings. The molecule has 4 amide bonds. The molecule has 0 spiro atoms. The zero-order valence-electron chi connectivity index (χ0n) is 43.9. The highest BCUT2D eigenvalue weighted by Crippen LogP contribution is 2.02. The summed E-state index contributed by atoms with van der Waals surface area (Å²) < 4.78 is 10.1. The monoisotopic (exact) mass is 1050 g/mol. The number of pyridine rings is 4. The third-order valence-corrected chi connectivity index (χ3v) is 11.4. The summed E-state index contributed by atoms with van der Waals surface area (Å²) in [5.74, 6) is -2.04. The van der Waals surface area contributed by atoms with Gasteiger partial charge in [0.1, 0.15) is 49.2 Å². The minimum Gasteiger partial charge on any atom is -0.410 e. The van der Waals surface area contributed by atoms with Gasteiger partial charge in [0.25, 0.3) is 45.9 Å². The Labute approximate surface area is 436 Å². The lowest BCUT2D eigenvalue weighted by molar-refractivity contribution is 0.0735. The lowest BCUT2D eigenvalue weighted by Gasteiger charge is -2.25. The third-order valence-electron chi connectivity index (χ3n) is 11.4. The van der Waals surface area contributed by atoms with E-state index in [-0.39, 0.29) is 88.6 Å². The molecular weight excluding hydrogens is 973 g/mol. The van der Waals surface area contributed by atoms with Crippen LogP contribution in [0.4, 0.5) is 0 Å². The van der Waals surface area contributed by atoms with Crippen LogP contribution in [0.3, 0.4) is 0 Å². The van der Waals surface area contributed by atoms with Crippen LogP contribution in [-0.4, -0.2) is 157 Å². The summed E-state index contributed by atoms with van der Waals surface area (Å²) >= 11 is 0. The molecule has 0 saturated heterocycles. The summed E-state index contributed by atoms with van der Waals surface area (Å²) in [4.78, 5) is 130. The first-order valence-corrected chi connectivity index (χ1v) is 26.0. The lowest BCUT2D eigenvalue weighted by Crippen LogP contribution is -2.43. The second-order valence-electron chi connectivity index (χ2n) is 17.2. The van der Waals surface area contributed by atoms with Gasteiger partial charge in [-0.2, -0.15) is 0 Å². The summed E-state index contributed by atoms with van der Waals surface area (Å²) in [7, 11) is 0. The Bertz CT molecular complexity index is 2280. The van der Waals surface area contributed by atoms with E-state index in [9.17, 15) is 38.4 Å². The maximum absolute atomic E-state index is 13.4. The van der Waals surface area contributed by atoms with E-state index in [0.717, 1.165) is 44.6 Å². The Morgan fingerprint density at radius 1 is 0.373 bits per heavy atom. The van der Waals surface area contributed by atoms with Gasteiger partial charge in [0.2, 0.25) is 0 Å². The number of hydrogen-bond donors (Lipinski definition) is 4. The van der Waals surface area contributed by atoms with Crippen molar-refractivity contribution < 1.29 is 43.3 Å². The third kappa shape index (κ3) is 20.5. The standard InChI is InChI=1S/C52H76N10O13/c1-5-9-35-72-59-41(17-13-21-45(59)63)49(67)53-25-29-57(30-26-54-50(68)42-18-14-22-46(64)60(42)73-36-10-6-2)33-39-71-40-34-58(31-27-55-51(69)43-19-15-23-47(65)61(43)74-37-11-7-3)32-28-56-52(70)44-20-16-24-48(66)62(44)75-38-12-8-4/h13-24H,5-12,25-40H2,1-4H3,(H,53,67)(H,54,68)(H,55,69)(H,56,70). The highest BCUT2D eigenvalue weighted by Gasteiger charge is 2.19. The molecule has 412 valence electrons. The van der Waals surface area contributed by atoms with Crippen LogP contribution in [-0.2, 0) is 4.74 Å². The van der Waals surface area contributed by atoms with Crippen molar-refractivity contribution in [3.63, 3.8) is 0 Å². The van der Waals surface area contributed by atoms with Crippen molar-refractivity contribution in [1.29, 1.82) is 0 Å². The Hall–Kier alpha value is -7.24. The summed E-state index contributed by atoms with van der Waals surface area (Å²) in [5, 5.41) is 11.4. The molecule has 0 atom stereocenters. The van der Waals surface area contributed by atoms with E-state index in [0.29, 0.717) is 65.0 Å². The summed E-state index contributed by atoms with van der Waals surface area (Å²) in [6.07, 6.45) is 6.15. The summed E-state index contributed by atoms with van der Waals surface area (Å²) in [6.45, 7) is 12.1. The Kier molecular flexibility index (Phi) is 27.6. The quantitative estimate of drug-likeness (QED) is 0.0455. The maximum atomic E-state index is 13.4. The van der Waals surface area contributed by atoms with Crippen molar-refractivity contribution in [3.8, 4) is 0 Å². The summed E-state index contributed by atoms with van der Waals surface area (Å²) in [5.41, 5.74) is -1.69. The number of hydrogen-bond acceptors (Lipinski definition) is 15. The molecule has 0 fully saturated rings. The van der Waals surface area contributed by atoms with Gasteiger partial charge in [0.15, 0.2) is 0 Å². The molecule has 4 rings (SSSR count). The molecule has 0 unspecified atom stereocenters. The van der Waals surface area contributed by atoms with E-state index in [1.807, 2.05) is 37.5 Å². The van der Waals surface area contributed by atoms with Gasteiger partial charge in [-0.15, -0.1) is 18.9 Å². The number of unbranched alkanes of at least 4 members (excludes halogenated alkanes) is 4. The predicted octanol–water partition coefficient (Wildman–Crippen LogP) is 0.889. The molecule has 0 bridgehead atoms. The highest BCUT2D eigenvalue weighted by atomic mass is 16.7. The van der Waals surface area contributed by atoms with Gasteiger partial charge in [-0.25, -0.2) is 0 Å². The maximum Gasteiger partial charge on any atom is 0.283 e. The van der Waals surface area contributed by atoms with Crippen LogP contribution in [0.15, 0.2) is 92.0 Å². The van der Waals surface area contributed by atoms with Gasteiger partial charge < -0.3 is 45.4 Å². The molecule has 0 aliphatic heterocycles. The molecule has 75 heavy (non-hydrogen) atoms. The SMILES string of the molecule is CCCCOn1c(C(=O)NCCN(CCNC(=O)c2cccc(=O)n2OCCCC)CCOCCN(CCNC(=O)c2cccc(=O)n2OCCCC)CCNC(=O)c2cccc(=O)n2OCCCC)cccc1=O. The van der Waals surface area contributed by atoms with E-state index in [1.165, 1.54) is 72.8 Å². The fraction of sp³-hybridized carbons (Fsp3) is 0.538. The van der Waals surface area contributed by atoms with E-state index in [4.69, 9.17) is 24.1 Å². The van der Waals surface area contributed by atoms with Gasteiger partial charge in [-0.1, -0.05) is 77.6 Å². The molecule has 0 saturated carbocycles. The number of ether oxygens (including phenoxy) is 1. The normalized spacial score (nSPS) is 11.1.